The highest BCUT2D eigenvalue weighted by atomic mass is 79.9. The first-order valence-corrected chi connectivity index (χ1v) is 14.1. The molecule has 0 bridgehead atoms. The summed E-state index contributed by atoms with van der Waals surface area (Å²) in [5, 5.41) is 3.13. The Balaban J connectivity index is 1.39. The molecule has 0 radical (unpaired) electrons. The summed E-state index contributed by atoms with van der Waals surface area (Å²) >= 11 is 3.67. The molecule has 2 aliphatic rings. The molecule has 0 aromatic heterocycles. The number of ether oxygens (including phenoxy) is 1. The average Bonchev–Trinajstić information content (AvgIpc) is 2.91. The van der Waals surface area contributed by atoms with Crippen LogP contribution in [0.2, 0.25) is 0 Å². The summed E-state index contributed by atoms with van der Waals surface area (Å²) in [6, 6.07) is 13.2. The Kier molecular flexibility index (Phi) is 10.2. The van der Waals surface area contributed by atoms with E-state index in [2.05, 4.69) is 37.1 Å². The van der Waals surface area contributed by atoms with Crippen molar-refractivity contribution in [3.8, 4) is 5.75 Å². The van der Waals surface area contributed by atoms with Crippen molar-refractivity contribution in [1.29, 1.82) is 0 Å². The fraction of sp³-hybridized carbons (Fsp3) is 0.552. The van der Waals surface area contributed by atoms with Crippen LogP contribution in [0.15, 0.2) is 46.9 Å². The lowest BCUT2D eigenvalue weighted by atomic mass is 9.75. The number of amides is 1. The Bertz CT molecular complexity index is 977. The molecule has 1 aliphatic heterocycles. The van der Waals surface area contributed by atoms with E-state index >= 15 is 0 Å². The average molecular weight is 561 g/mol. The van der Waals surface area contributed by atoms with Crippen molar-refractivity contribution in [3.05, 3.63) is 63.9 Å². The van der Waals surface area contributed by atoms with Gasteiger partial charge in [0.15, 0.2) is 0 Å². The Labute approximate surface area is 223 Å². The highest BCUT2D eigenvalue weighted by Crippen LogP contribution is 2.36. The van der Waals surface area contributed by atoms with Crippen molar-refractivity contribution in [3.63, 3.8) is 0 Å². The fourth-order valence-corrected chi connectivity index (χ4v) is 6.36. The minimum atomic E-state index is -0.162. The molecule has 2 unspecified atom stereocenters. The summed E-state index contributed by atoms with van der Waals surface area (Å²) in [5.74, 6) is 1.10. The van der Waals surface area contributed by atoms with Gasteiger partial charge in [0.2, 0.25) is 6.41 Å². The van der Waals surface area contributed by atoms with E-state index in [0.717, 1.165) is 80.7 Å². The summed E-state index contributed by atoms with van der Waals surface area (Å²) in [4.78, 5) is 16.6. The third-order valence-electron chi connectivity index (χ3n) is 8.02. The van der Waals surface area contributed by atoms with Gasteiger partial charge in [-0.3, -0.25) is 9.69 Å². The molecule has 2 aromatic rings. The predicted molar refractivity (Wildman–Crippen MR) is 146 cm³/mol. The first kappa shape index (κ1) is 27.1. The first-order chi connectivity index (χ1) is 17.6. The zero-order valence-corrected chi connectivity index (χ0v) is 22.9. The summed E-state index contributed by atoms with van der Waals surface area (Å²) in [5.41, 5.74) is 1.97. The van der Waals surface area contributed by atoms with Crippen LogP contribution in [0.1, 0.15) is 55.6 Å². The maximum absolute atomic E-state index is 15.0. The van der Waals surface area contributed by atoms with Gasteiger partial charge in [0.05, 0.1) is 7.11 Å². The van der Waals surface area contributed by atoms with Crippen molar-refractivity contribution in [2.24, 2.45) is 5.92 Å². The molecule has 7 heteroatoms. The monoisotopic (exact) mass is 559 g/mol. The standard InChI is InChI=1S/C29H39BrFN3O2/c1-36-24-11-12-27(30)23(19-24)20-34-17-15-33(16-18-34)14-13-26(25-9-5-6-10-28(25)31)29(32-21-35)22-7-3-2-4-8-22/h5-6,9-12,19,21-22,26,29H,2-4,7-8,13-18,20H2,1H3,(H,32,35). The number of benzene rings is 2. The second-order valence-corrected chi connectivity index (χ2v) is 11.1. The van der Waals surface area contributed by atoms with Crippen LogP contribution in [0.3, 0.4) is 0 Å². The number of carbonyl (C=O) groups is 1. The van der Waals surface area contributed by atoms with Crippen LogP contribution >= 0.6 is 15.9 Å². The van der Waals surface area contributed by atoms with Crippen LogP contribution in [0, 0.1) is 11.7 Å². The molecule has 1 N–H and O–H groups in total. The molecule has 196 valence electrons. The van der Waals surface area contributed by atoms with Crippen LogP contribution in [0.5, 0.6) is 5.75 Å². The number of methoxy groups -OCH3 is 1. The summed E-state index contributed by atoms with van der Waals surface area (Å²) in [6.07, 6.45) is 7.51. The van der Waals surface area contributed by atoms with Crippen molar-refractivity contribution >= 4 is 22.3 Å². The van der Waals surface area contributed by atoms with E-state index in [1.165, 1.54) is 24.8 Å². The SMILES string of the molecule is COc1ccc(Br)c(CN2CCN(CCC(c3ccccc3F)C(NC=O)C3CCCCC3)CC2)c1. The first-order valence-electron chi connectivity index (χ1n) is 13.3. The summed E-state index contributed by atoms with van der Waals surface area (Å²) in [7, 11) is 1.70. The van der Waals surface area contributed by atoms with Gasteiger partial charge >= 0.3 is 0 Å². The molecular formula is C29H39BrFN3O2. The van der Waals surface area contributed by atoms with Crippen LogP contribution in [0.4, 0.5) is 4.39 Å². The topological polar surface area (TPSA) is 44.8 Å². The number of carbonyl (C=O) groups excluding carboxylic acids is 1. The Morgan fingerprint density at radius 2 is 1.81 bits per heavy atom. The molecule has 2 fully saturated rings. The van der Waals surface area contributed by atoms with Crippen LogP contribution in [-0.4, -0.2) is 62.1 Å². The molecule has 1 saturated heterocycles. The Morgan fingerprint density at radius 3 is 2.50 bits per heavy atom. The molecular weight excluding hydrogens is 521 g/mol. The number of hydrogen-bond acceptors (Lipinski definition) is 4. The molecule has 2 atom stereocenters. The van der Waals surface area contributed by atoms with Gasteiger partial charge in [-0.05, 0) is 67.1 Å². The van der Waals surface area contributed by atoms with Gasteiger partial charge in [0.25, 0.3) is 0 Å². The molecule has 2 aromatic carbocycles. The number of nitrogens with zero attached hydrogens (tertiary/aromatic N) is 2. The highest BCUT2D eigenvalue weighted by molar-refractivity contribution is 9.10. The van der Waals surface area contributed by atoms with Crippen molar-refractivity contribution in [2.45, 2.75) is 57.0 Å². The van der Waals surface area contributed by atoms with E-state index in [-0.39, 0.29) is 17.8 Å². The normalized spacial score (nSPS) is 19.5. The number of nitrogens with one attached hydrogen (secondary N) is 1. The maximum Gasteiger partial charge on any atom is 0.207 e. The molecule has 1 heterocycles. The Morgan fingerprint density at radius 1 is 1.08 bits per heavy atom. The van der Waals surface area contributed by atoms with Crippen molar-refractivity contribution in [1.82, 2.24) is 15.1 Å². The predicted octanol–water partition coefficient (Wildman–Crippen LogP) is 5.58. The molecule has 1 amide bonds. The molecule has 0 spiro atoms. The van der Waals surface area contributed by atoms with E-state index in [4.69, 9.17) is 4.74 Å². The largest absolute Gasteiger partial charge is 0.497 e. The summed E-state index contributed by atoms with van der Waals surface area (Å²) < 4.78 is 21.5. The second kappa shape index (κ2) is 13.5. The Hall–Kier alpha value is -1.96. The number of hydrogen-bond donors (Lipinski definition) is 1. The number of piperazine rings is 1. The third-order valence-corrected chi connectivity index (χ3v) is 8.80. The maximum atomic E-state index is 15.0. The highest BCUT2D eigenvalue weighted by Gasteiger charge is 2.33. The fourth-order valence-electron chi connectivity index (χ4n) is 5.99. The van der Waals surface area contributed by atoms with Crippen LogP contribution in [0.25, 0.3) is 0 Å². The molecule has 4 rings (SSSR count). The lowest BCUT2D eigenvalue weighted by molar-refractivity contribution is -0.110. The summed E-state index contributed by atoms with van der Waals surface area (Å²) in [6.45, 7) is 5.75. The van der Waals surface area contributed by atoms with Crippen LogP contribution < -0.4 is 10.1 Å². The smallest absolute Gasteiger partial charge is 0.207 e. The van der Waals surface area contributed by atoms with Crippen molar-refractivity contribution < 1.29 is 13.9 Å². The molecule has 5 nitrogen and oxygen atoms in total. The van der Waals surface area contributed by atoms with Crippen molar-refractivity contribution in [2.75, 3.05) is 39.8 Å². The molecule has 36 heavy (non-hydrogen) atoms. The van der Waals surface area contributed by atoms with Gasteiger partial charge < -0.3 is 15.0 Å². The lowest BCUT2D eigenvalue weighted by Crippen LogP contribution is -2.47. The number of rotatable bonds is 11. The van der Waals surface area contributed by atoms with E-state index < -0.39 is 0 Å². The van der Waals surface area contributed by atoms with Gasteiger partial charge in [0, 0.05) is 49.2 Å². The molecule has 1 saturated carbocycles. The number of halogens is 2. The van der Waals surface area contributed by atoms with Crippen LogP contribution in [-0.2, 0) is 11.3 Å². The van der Waals surface area contributed by atoms with E-state index in [9.17, 15) is 9.18 Å². The third kappa shape index (κ3) is 7.08. The van der Waals surface area contributed by atoms with E-state index in [1.807, 2.05) is 24.3 Å². The second-order valence-electron chi connectivity index (χ2n) is 10.2. The van der Waals surface area contributed by atoms with Gasteiger partial charge in [-0.2, -0.15) is 0 Å². The minimum absolute atomic E-state index is 0.0219. The van der Waals surface area contributed by atoms with Gasteiger partial charge in [-0.15, -0.1) is 0 Å². The van der Waals surface area contributed by atoms with E-state index in [0.29, 0.717) is 5.92 Å². The zero-order valence-electron chi connectivity index (χ0n) is 21.3. The van der Waals surface area contributed by atoms with E-state index in [1.54, 1.807) is 19.2 Å². The van der Waals surface area contributed by atoms with Gasteiger partial charge in [-0.1, -0.05) is 53.4 Å². The minimum Gasteiger partial charge on any atom is -0.497 e. The quantitative estimate of drug-likeness (QED) is 0.365. The zero-order chi connectivity index (χ0) is 25.3. The molecule has 1 aliphatic carbocycles. The lowest BCUT2D eigenvalue weighted by Gasteiger charge is -2.39. The van der Waals surface area contributed by atoms with Gasteiger partial charge in [0.1, 0.15) is 11.6 Å². The van der Waals surface area contributed by atoms with Gasteiger partial charge in [-0.25, -0.2) is 4.39 Å².